The summed E-state index contributed by atoms with van der Waals surface area (Å²) in [5.41, 5.74) is 2.06. The molecule has 2 N–H and O–H groups in total. The quantitative estimate of drug-likeness (QED) is 0.613. The predicted octanol–water partition coefficient (Wildman–Crippen LogP) is 4.83. The van der Waals surface area contributed by atoms with Gasteiger partial charge in [0.2, 0.25) is 0 Å². The van der Waals surface area contributed by atoms with Gasteiger partial charge in [-0.25, -0.2) is 9.59 Å². The molecule has 0 aliphatic rings. The summed E-state index contributed by atoms with van der Waals surface area (Å²) in [6.45, 7) is 3.81. The van der Waals surface area contributed by atoms with Crippen LogP contribution in [0.5, 0.6) is 5.75 Å². The van der Waals surface area contributed by atoms with Crippen LogP contribution in [0.4, 0.5) is 21.0 Å². The van der Waals surface area contributed by atoms with Crippen molar-refractivity contribution in [1.82, 2.24) is 0 Å². The number of nitrogens with one attached hydrogen (secondary N) is 2. The van der Waals surface area contributed by atoms with Crippen molar-refractivity contribution in [2.24, 2.45) is 0 Å². The summed E-state index contributed by atoms with van der Waals surface area (Å²) >= 11 is 6.02. The highest BCUT2D eigenvalue weighted by Crippen LogP contribution is 2.20. The average molecular weight is 349 g/mol. The molecule has 0 aliphatic heterocycles. The van der Waals surface area contributed by atoms with Crippen LogP contribution in [-0.4, -0.2) is 18.8 Å². The zero-order valence-corrected chi connectivity index (χ0v) is 14.0. The summed E-state index contributed by atoms with van der Waals surface area (Å²) in [6, 6.07) is 11.2. The van der Waals surface area contributed by atoms with E-state index < -0.39 is 12.2 Å². The third-order valence-corrected chi connectivity index (χ3v) is 3.41. The molecular weight excluding hydrogens is 332 g/mol. The molecular formula is C17H17ClN2O4. The van der Waals surface area contributed by atoms with Gasteiger partial charge >= 0.3 is 12.2 Å². The molecule has 0 unspecified atom stereocenters. The molecule has 126 valence electrons. The van der Waals surface area contributed by atoms with Gasteiger partial charge in [-0.1, -0.05) is 17.7 Å². The average Bonchev–Trinajstić information content (AvgIpc) is 2.53. The first-order valence-corrected chi connectivity index (χ1v) is 7.64. The largest absolute Gasteiger partial charge is 0.513 e. The summed E-state index contributed by atoms with van der Waals surface area (Å²) in [7, 11) is 0. The van der Waals surface area contributed by atoms with Gasteiger partial charge in [-0.3, -0.25) is 0 Å². The number of anilines is 2. The Morgan fingerprint density at radius 3 is 2.29 bits per heavy atom. The van der Waals surface area contributed by atoms with Gasteiger partial charge < -0.3 is 20.1 Å². The normalized spacial score (nSPS) is 9.96. The number of carbonyl (C=O) groups excluding carboxylic acids is 2. The molecule has 6 nitrogen and oxygen atoms in total. The molecule has 0 atom stereocenters. The molecule has 2 aromatic carbocycles. The number of urea groups is 1. The van der Waals surface area contributed by atoms with E-state index in [-0.39, 0.29) is 6.61 Å². The van der Waals surface area contributed by atoms with Crippen molar-refractivity contribution in [3.8, 4) is 5.75 Å². The van der Waals surface area contributed by atoms with Crippen LogP contribution in [0.15, 0.2) is 42.5 Å². The molecule has 0 saturated carbocycles. The minimum Gasteiger partial charge on any atom is -0.434 e. The van der Waals surface area contributed by atoms with Crippen LogP contribution >= 0.6 is 11.6 Å². The van der Waals surface area contributed by atoms with Gasteiger partial charge in [0.05, 0.1) is 6.61 Å². The van der Waals surface area contributed by atoms with Crippen molar-refractivity contribution in [1.29, 1.82) is 0 Å². The third kappa shape index (κ3) is 5.17. The van der Waals surface area contributed by atoms with Crippen LogP contribution in [0.1, 0.15) is 12.5 Å². The lowest BCUT2D eigenvalue weighted by atomic mass is 10.2. The van der Waals surface area contributed by atoms with Gasteiger partial charge in [0.1, 0.15) is 5.75 Å². The Labute approximate surface area is 144 Å². The van der Waals surface area contributed by atoms with Crippen molar-refractivity contribution >= 4 is 35.2 Å². The Bertz CT molecular complexity index is 732. The zero-order chi connectivity index (χ0) is 17.5. The van der Waals surface area contributed by atoms with Crippen LogP contribution in [-0.2, 0) is 4.74 Å². The SMILES string of the molecule is CCOC(=O)Oc1ccc(NC(=O)Nc2ccc(C)c(Cl)c2)cc1. The number of benzene rings is 2. The molecule has 0 spiro atoms. The number of hydrogen-bond donors (Lipinski definition) is 2. The smallest absolute Gasteiger partial charge is 0.434 e. The molecule has 0 saturated heterocycles. The monoisotopic (exact) mass is 348 g/mol. The number of amides is 2. The Kier molecular flexibility index (Phi) is 6.03. The summed E-state index contributed by atoms with van der Waals surface area (Å²) in [6.07, 6.45) is -0.771. The summed E-state index contributed by atoms with van der Waals surface area (Å²) < 4.78 is 9.60. The lowest BCUT2D eigenvalue weighted by Crippen LogP contribution is -2.19. The number of carbonyl (C=O) groups is 2. The Hall–Kier alpha value is -2.73. The van der Waals surface area contributed by atoms with Crippen LogP contribution in [0.2, 0.25) is 5.02 Å². The zero-order valence-electron chi connectivity index (χ0n) is 13.3. The maximum Gasteiger partial charge on any atom is 0.513 e. The van der Waals surface area contributed by atoms with Crippen molar-refractivity contribution in [3.63, 3.8) is 0 Å². The molecule has 2 aromatic rings. The molecule has 7 heteroatoms. The fourth-order valence-corrected chi connectivity index (χ4v) is 1.99. The second-order valence-electron chi connectivity index (χ2n) is 4.85. The van der Waals surface area contributed by atoms with E-state index in [1.165, 1.54) is 0 Å². The standard InChI is InChI=1S/C17H17ClN2O4/c1-3-23-17(22)24-14-8-6-12(7-9-14)19-16(21)20-13-5-4-11(2)15(18)10-13/h4-10H,3H2,1-2H3,(H2,19,20,21). The first-order valence-electron chi connectivity index (χ1n) is 7.26. The van der Waals surface area contributed by atoms with Gasteiger partial charge in [-0.15, -0.1) is 0 Å². The van der Waals surface area contributed by atoms with E-state index >= 15 is 0 Å². The maximum atomic E-state index is 12.0. The number of ether oxygens (including phenoxy) is 2. The minimum atomic E-state index is -0.771. The van der Waals surface area contributed by atoms with E-state index in [2.05, 4.69) is 15.4 Å². The van der Waals surface area contributed by atoms with Crippen LogP contribution in [0.3, 0.4) is 0 Å². The Morgan fingerprint density at radius 1 is 1.04 bits per heavy atom. The van der Waals surface area contributed by atoms with Gasteiger partial charge in [-0.05, 0) is 55.8 Å². The van der Waals surface area contributed by atoms with Crippen LogP contribution in [0, 0.1) is 6.92 Å². The minimum absolute atomic E-state index is 0.238. The Balaban J connectivity index is 1.91. The van der Waals surface area contributed by atoms with E-state index in [9.17, 15) is 9.59 Å². The molecule has 2 rings (SSSR count). The second-order valence-corrected chi connectivity index (χ2v) is 5.26. The first kappa shape index (κ1) is 17.6. The van der Waals surface area contributed by atoms with Gasteiger partial charge in [0.25, 0.3) is 0 Å². The number of halogens is 1. The number of rotatable bonds is 4. The molecule has 0 bridgehead atoms. The highest BCUT2D eigenvalue weighted by Gasteiger charge is 2.07. The number of aryl methyl sites for hydroxylation is 1. The summed E-state index contributed by atoms with van der Waals surface area (Å²) in [5.74, 6) is 0.324. The molecule has 2 amide bonds. The highest BCUT2D eigenvalue weighted by molar-refractivity contribution is 6.31. The lowest BCUT2D eigenvalue weighted by Gasteiger charge is -2.09. The molecule has 0 heterocycles. The topological polar surface area (TPSA) is 76.7 Å². The fourth-order valence-electron chi connectivity index (χ4n) is 1.81. The summed E-state index contributed by atoms with van der Waals surface area (Å²) in [4.78, 5) is 23.2. The van der Waals surface area contributed by atoms with Crippen LogP contribution in [0.25, 0.3) is 0 Å². The molecule has 0 aliphatic carbocycles. The van der Waals surface area contributed by atoms with Crippen molar-refractivity contribution in [3.05, 3.63) is 53.1 Å². The van der Waals surface area contributed by atoms with Gasteiger partial charge in [0.15, 0.2) is 0 Å². The fraction of sp³-hybridized carbons (Fsp3) is 0.176. The Morgan fingerprint density at radius 2 is 1.67 bits per heavy atom. The van der Waals surface area contributed by atoms with E-state index in [0.29, 0.717) is 22.1 Å². The highest BCUT2D eigenvalue weighted by atomic mass is 35.5. The number of hydrogen-bond acceptors (Lipinski definition) is 4. The van der Waals surface area contributed by atoms with Crippen molar-refractivity contribution < 1.29 is 19.1 Å². The lowest BCUT2D eigenvalue weighted by molar-refractivity contribution is 0.104. The van der Waals surface area contributed by atoms with E-state index in [0.717, 1.165) is 5.56 Å². The van der Waals surface area contributed by atoms with E-state index in [1.54, 1.807) is 43.3 Å². The molecule has 24 heavy (non-hydrogen) atoms. The van der Waals surface area contributed by atoms with Crippen molar-refractivity contribution in [2.75, 3.05) is 17.2 Å². The van der Waals surface area contributed by atoms with Gasteiger partial charge in [0, 0.05) is 16.4 Å². The summed E-state index contributed by atoms with van der Waals surface area (Å²) in [5, 5.41) is 5.92. The second kappa shape index (κ2) is 8.21. The maximum absolute atomic E-state index is 12.0. The predicted molar refractivity (Wildman–Crippen MR) is 92.9 cm³/mol. The third-order valence-electron chi connectivity index (χ3n) is 3.01. The van der Waals surface area contributed by atoms with Crippen molar-refractivity contribution in [2.45, 2.75) is 13.8 Å². The van der Waals surface area contributed by atoms with Crippen LogP contribution < -0.4 is 15.4 Å². The first-order chi connectivity index (χ1) is 11.5. The molecule has 0 fully saturated rings. The molecule has 0 radical (unpaired) electrons. The molecule has 0 aromatic heterocycles. The van der Waals surface area contributed by atoms with Gasteiger partial charge in [-0.2, -0.15) is 0 Å². The van der Waals surface area contributed by atoms with E-state index in [4.69, 9.17) is 16.3 Å². The van der Waals surface area contributed by atoms with E-state index in [1.807, 2.05) is 13.0 Å².